The second-order valence-corrected chi connectivity index (χ2v) is 9.49. The Balaban J connectivity index is 1.59. The molecule has 176 valence electrons. The molecule has 8 heteroatoms. The van der Waals surface area contributed by atoms with Gasteiger partial charge in [-0.2, -0.15) is 4.68 Å². The molecule has 0 aliphatic carbocycles. The summed E-state index contributed by atoms with van der Waals surface area (Å²) in [5, 5.41) is 4.41. The van der Waals surface area contributed by atoms with Gasteiger partial charge in [-0.1, -0.05) is 66.6 Å². The van der Waals surface area contributed by atoms with Crippen LogP contribution in [-0.2, 0) is 6.42 Å². The summed E-state index contributed by atoms with van der Waals surface area (Å²) in [7, 11) is 0. The van der Waals surface area contributed by atoms with Crippen LogP contribution >= 0.6 is 22.9 Å². The molecule has 0 bridgehead atoms. The second-order valence-electron chi connectivity index (χ2n) is 8.04. The number of aliphatic imine (C=N–C) groups is 1. The van der Waals surface area contributed by atoms with Gasteiger partial charge >= 0.3 is 0 Å². The minimum absolute atomic E-state index is 0.179. The minimum Gasteiger partial charge on any atom is -0.455 e. The van der Waals surface area contributed by atoms with E-state index in [9.17, 15) is 4.79 Å². The molecular formula is C27H23ClN4O2S. The number of ether oxygens (including phenoxy) is 1. The molecule has 2 aromatic heterocycles. The van der Waals surface area contributed by atoms with Crippen LogP contribution in [0.15, 0.2) is 82.6 Å². The first-order valence-corrected chi connectivity index (χ1v) is 12.5. The Bertz CT molecular complexity index is 1550. The van der Waals surface area contributed by atoms with Crippen LogP contribution in [0.25, 0.3) is 15.3 Å². The van der Waals surface area contributed by atoms with Crippen LogP contribution < -0.4 is 10.3 Å². The van der Waals surface area contributed by atoms with Crippen molar-refractivity contribution in [3.63, 3.8) is 0 Å². The van der Waals surface area contributed by atoms with Crippen molar-refractivity contribution in [1.29, 1.82) is 0 Å². The average Bonchev–Trinajstić information content (AvgIpc) is 3.42. The molecule has 0 aliphatic rings. The highest BCUT2D eigenvalue weighted by molar-refractivity contribution is 7.20. The number of aromatic amines is 1. The van der Waals surface area contributed by atoms with E-state index >= 15 is 0 Å². The third kappa shape index (κ3) is 4.78. The molecule has 6 nitrogen and oxygen atoms in total. The van der Waals surface area contributed by atoms with Crippen LogP contribution in [0.3, 0.4) is 0 Å². The van der Waals surface area contributed by atoms with Gasteiger partial charge in [-0.05, 0) is 55.8 Å². The maximum Gasteiger partial charge on any atom is 0.282 e. The molecule has 0 atom stereocenters. The van der Waals surface area contributed by atoms with Crippen LogP contribution in [-0.4, -0.2) is 20.5 Å². The van der Waals surface area contributed by atoms with Crippen LogP contribution in [0.5, 0.6) is 11.5 Å². The Kier molecular flexibility index (Phi) is 6.53. The molecule has 5 aromatic rings. The lowest BCUT2D eigenvalue weighted by Crippen LogP contribution is -2.19. The van der Waals surface area contributed by atoms with Gasteiger partial charge in [-0.3, -0.25) is 9.89 Å². The molecule has 1 N–H and O–H groups in total. The quantitative estimate of drug-likeness (QED) is 0.237. The van der Waals surface area contributed by atoms with Crippen molar-refractivity contribution < 1.29 is 4.74 Å². The van der Waals surface area contributed by atoms with Crippen molar-refractivity contribution in [2.24, 2.45) is 4.99 Å². The fourth-order valence-electron chi connectivity index (χ4n) is 3.89. The Morgan fingerprint density at radius 2 is 1.89 bits per heavy atom. The molecule has 5 rings (SSSR count). The SMILES string of the molecule is CCCc1[nH]n(-c2nc3ccccc3s2)c(=O)c1C(C)=Nc1cc(Cl)ccc1Oc1ccccc1. The number of hydrogen-bond donors (Lipinski definition) is 1. The Morgan fingerprint density at radius 1 is 1.11 bits per heavy atom. The van der Waals surface area contributed by atoms with E-state index in [1.54, 1.807) is 18.2 Å². The third-order valence-electron chi connectivity index (χ3n) is 5.48. The van der Waals surface area contributed by atoms with E-state index in [0.717, 1.165) is 22.3 Å². The van der Waals surface area contributed by atoms with E-state index in [2.05, 4.69) is 17.0 Å². The standard InChI is InChI=1S/C27H23ClN4O2S/c1-3-9-21-25(26(33)32(31-21)27-30-20-12-7-8-13-24(20)35-27)17(2)29-22-16-18(28)14-15-23(22)34-19-10-5-4-6-11-19/h4-8,10-16,31H,3,9H2,1-2H3. The topological polar surface area (TPSA) is 72.3 Å². The van der Waals surface area contributed by atoms with Crippen molar-refractivity contribution in [2.45, 2.75) is 26.7 Å². The summed E-state index contributed by atoms with van der Waals surface area (Å²) >= 11 is 7.75. The lowest BCUT2D eigenvalue weighted by Gasteiger charge is -2.10. The zero-order chi connectivity index (χ0) is 24.4. The maximum absolute atomic E-state index is 13.6. The molecule has 0 saturated heterocycles. The summed E-state index contributed by atoms with van der Waals surface area (Å²) in [6, 6.07) is 22.6. The Hall–Kier alpha value is -3.68. The molecule has 35 heavy (non-hydrogen) atoms. The van der Waals surface area contributed by atoms with Crippen LogP contribution in [0.1, 0.15) is 31.5 Å². The monoisotopic (exact) mass is 502 g/mol. The van der Waals surface area contributed by atoms with Crippen molar-refractivity contribution in [3.8, 4) is 16.6 Å². The van der Waals surface area contributed by atoms with Gasteiger partial charge in [0.05, 0.1) is 21.5 Å². The van der Waals surface area contributed by atoms with Gasteiger partial charge in [0, 0.05) is 10.7 Å². The lowest BCUT2D eigenvalue weighted by atomic mass is 10.1. The number of benzene rings is 3. The molecule has 0 radical (unpaired) electrons. The van der Waals surface area contributed by atoms with E-state index < -0.39 is 0 Å². The molecular weight excluding hydrogens is 480 g/mol. The van der Waals surface area contributed by atoms with Gasteiger partial charge in [-0.25, -0.2) is 9.98 Å². The van der Waals surface area contributed by atoms with Crippen LogP contribution in [0, 0.1) is 0 Å². The van der Waals surface area contributed by atoms with Gasteiger partial charge in [0.2, 0.25) is 5.13 Å². The zero-order valence-corrected chi connectivity index (χ0v) is 20.9. The number of nitrogens with zero attached hydrogens (tertiary/aromatic N) is 3. The molecule has 0 spiro atoms. The van der Waals surface area contributed by atoms with Crippen LogP contribution in [0.4, 0.5) is 5.69 Å². The number of thiazole rings is 1. The predicted octanol–water partition coefficient (Wildman–Crippen LogP) is 7.31. The molecule has 2 heterocycles. The Labute approximate surface area is 211 Å². The van der Waals surface area contributed by atoms with Gasteiger partial charge in [-0.15, -0.1) is 0 Å². The van der Waals surface area contributed by atoms with E-state index in [0.29, 0.717) is 45.0 Å². The largest absolute Gasteiger partial charge is 0.455 e. The highest BCUT2D eigenvalue weighted by Gasteiger charge is 2.20. The van der Waals surface area contributed by atoms with E-state index in [-0.39, 0.29) is 5.56 Å². The number of aryl methyl sites for hydroxylation is 1. The van der Waals surface area contributed by atoms with Gasteiger partial charge < -0.3 is 4.74 Å². The summed E-state index contributed by atoms with van der Waals surface area (Å²) in [4.78, 5) is 23.0. The van der Waals surface area contributed by atoms with E-state index in [4.69, 9.17) is 21.3 Å². The van der Waals surface area contributed by atoms with Crippen molar-refractivity contribution in [2.75, 3.05) is 0 Å². The fraction of sp³-hybridized carbons (Fsp3) is 0.148. The maximum atomic E-state index is 13.6. The van der Waals surface area contributed by atoms with Crippen molar-refractivity contribution in [3.05, 3.63) is 99.4 Å². The number of para-hydroxylation sites is 2. The minimum atomic E-state index is -0.179. The summed E-state index contributed by atoms with van der Waals surface area (Å²) in [6.45, 7) is 3.91. The number of nitrogens with one attached hydrogen (secondary N) is 1. The summed E-state index contributed by atoms with van der Waals surface area (Å²) in [6.07, 6.45) is 1.58. The first kappa shape index (κ1) is 23.1. The van der Waals surface area contributed by atoms with Crippen molar-refractivity contribution in [1.82, 2.24) is 14.8 Å². The first-order chi connectivity index (χ1) is 17.0. The van der Waals surface area contributed by atoms with E-state index in [1.807, 2.05) is 61.5 Å². The lowest BCUT2D eigenvalue weighted by molar-refractivity contribution is 0.484. The summed E-state index contributed by atoms with van der Waals surface area (Å²) < 4.78 is 8.59. The number of aromatic nitrogens is 3. The highest BCUT2D eigenvalue weighted by Crippen LogP contribution is 2.35. The van der Waals surface area contributed by atoms with Gasteiger partial charge in [0.15, 0.2) is 5.75 Å². The molecule has 0 saturated carbocycles. The van der Waals surface area contributed by atoms with E-state index in [1.165, 1.54) is 16.0 Å². The highest BCUT2D eigenvalue weighted by atomic mass is 35.5. The fourth-order valence-corrected chi connectivity index (χ4v) is 4.98. The molecule has 0 aliphatic heterocycles. The van der Waals surface area contributed by atoms with Gasteiger partial charge in [0.1, 0.15) is 11.4 Å². The molecule has 3 aromatic carbocycles. The number of rotatable bonds is 7. The van der Waals surface area contributed by atoms with Gasteiger partial charge in [0.25, 0.3) is 5.56 Å². The third-order valence-corrected chi connectivity index (χ3v) is 6.74. The summed E-state index contributed by atoms with van der Waals surface area (Å²) in [5.74, 6) is 1.24. The van der Waals surface area contributed by atoms with Crippen molar-refractivity contribution >= 4 is 44.6 Å². The normalized spacial score (nSPS) is 11.8. The molecule has 0 amide bonds. The molecule has 0 unspecified atom stereocenters. The summed E-state index contributed by atoms with van der Waals surface area (Å²) in [5.41, 5.74) is 3.17. The second kappa shape index (κ2) is 9.90. The average molecular weight is 503 g/mol. The number of halogens is 1. The predicted molar refractivity (Wildman–Crippen MR) is 143 cm³/mol. The zero-order valence-electron chi connectivity index (χ0n) is 19.3. The number of hydrogen-bond acceptors (Lipinski definition) is 5. The number of H-pyrrole nitrogens is 1. The number of fused-ring (bicyclic) bond motifs is 1. The first-order valence-electron chi connectivity index (χ1n) is 11.3. The smallest absolute Gasteiger partial charge is 0.282 e. The van der Waals surface area contributed by atoms with Crippen LogP contribution in [0.2, 0.25) is 5.02 Å². The Morgan fingerprint density at radius 3 is 2.66 bits per heavy atom. The molecule has 0 fully saturated rings.